The predicted molar refractivity (Wildman–Crippen MR) is 64.6 cm³/mol. The summed E-state index contributed by atoms with van der Waals surface area (Å²) in [5.41, 5.74) is -6.07. The number of halogens is 6. The van der Waals surface area contributed by atoms with E-state index in [9.17, 15) is 41.0 Å². The lowest BCUT2D eigenvalue weighted by Crippen LogP contribution is -2.30. The molecule has 24 heavy (non-hydrogen) atoms. The van der Waals surface area contributed by atoms with Crippen molar-refractivity contribution in [2.45, 2.75) is 12.4 Å². The summed E-state index contributed by atoms with van der Waals surface area (Å²) in [6, 6.07) is 0.621. The first-order valence-corrected chi connectivity index (χ1v) is 6.00. The van der Waals surface area contributed by atoms with Crippen LogP contribution in [0.4, 0.5) is 26.3 Å². The van der Waals surface area contributed by atoms with Crippen LogP contribution in [0.3, 0.4) is 0 Å². The average Bonchev–Trinajstić information content (AvgIpc) is 2.44. The number of carbonyl (C=O) groups is 1. The van der Waals surface area contributed by atoms with Crippen LogP contribution in [0.2, 0.25) is 0 Å². The third-order valence-corrected chi connectivity index (χ3v) is 2.88. The molecular formula is C13H5F6N2O3-. The van der Waals surface area contributed by atoms with E-state index < -0.39 is 52.0 Å². The third kappa shape index (κ3) is 3.55. The first-order valence-electron chi connectivity index (χ1n) is 6.00. The zero-order valence-corrected chi connectivity index (χ0v) is 11.2. The van der Waals surface area contributed by atoms with Crippen LogP contribution in [-0.4, -0.2) is 15.9 Å². The van der Waals surface area contributed by atoms with Crippen molar-refractivity contribution in [2.75, 3.05) is 0 Å². The maximum Gasteiger partial charge on any atom is 0.416 e. The highest BCUT2D eigenvalue weighted by molar-refractivity contribution is 5.85. The van der Waals surface area contributed by atoms with E-state index in [2.05, 4.69) is 4.98 Å². The normalized spacial score (nSPS) is 12.2. The van der Waals surface area contributed by atoms with Crippen LogP contribution >= 0.6 is 0 Å². The van der Waals surface area contributed by atoms with Gasteiger partial charge in [0.25, 0.3) is 5.56 Å². The fourth-order valence-corrected chi connectivity index (χ4v) is 1.78. The molecule has 0 bridgehead atoms. The zero-order chi connectivity index (χ0) is 18.3. The van der Waals surface area contributed by atoms with Gasteiger partial charge in [-0.1, -0.05) is 0 Å². The largest absolute Gasteiger partial charge is 0.545 e. The second kappa shape index (κ2) is 5.65. The molecule has 128 valence electrons. The molecular weight excluding hydrogens is 346 g/mol. The van der Waals surface area contributed by atoms with Gasteiger partial charge < -0.3 is 14.9 Å². The Hall–Kier alpha value is -2.85. The molecule has 2 aromatic rings. The number of rotatable bonds is 2. The number of carboxylic acids is 1. The van der Waals surface area contributed by atoms with Crippen molar-refractivity contribution in [2.24, 2.45) is 0 Å². The Labute approximate surface area is 128 Å². The second-order valence-electron chi connectivity index (χ2n) is 4.56. The fourth-order valence-electron chi connectivity index (χ4n) is 1.78. The summed E-state index contributed by atoms with van der Waals surface area (Å²) in [5, 5.41) is 10.6. The number of benzene rings is 1. The van der Waals surface area contributed by atoms with Crippen LogP contribution < -0.4 is 10.7 Å². The predicted octanol–water partition coefficient (Wildman–Crippen LogP) is 1.84. The van der Waals surface area contributed by atoms with E-state index in [0.717, 1.165) is 0 Å². The number of nitrogens with one attached hydrogen (secondary N) is 1. The number of carbonyl (C=O) groups excluding carboxylic acids is 1. The number of nitrogens with zero attached hydrogens (tertiary/aromatic N) is 1. The Balaban J connectivity index is 2.68. The van der Waals surface area contributed by atoms with Gasteiger partial charge in [0.05, 0.1) is 22.7 Å². The van der Waals surface area contributed by atoms with Crippen LogP contribution in [0.5, 0.6) is 0 Å². The molecule has 0 amide bonds. The zero-order valence-electron chi connectivity index (χ0n) is 11.2. The van der Waals surface area contributed by atoms with Gasteiger partial charge in [-0.3, -0.25) is 4.79 Å². The molecule has 1 aromatic carbocycles. The number of alkyl halides is 6. The number of hydrogen-bond acceptors (Lipinski definition) is 4. The fraction of sp³-hybridized carbons (Fsp3) is 0.154. The summed E-state index contributed by atoms with van der Waals surface area (Å²) in [4.78, 5) is 27.2. The summed E-state index contributed by atoms with van der Waals surface area (Å²) >= 11 is 0. The minimum atomic E-state index is -5.07. The Morgan fingerprint density at radius 2 is 1.50 bits per heavy atom. The van der Waals surface area contributed by atoms with Crippen LogP contribution in [0, 0.1) is 0 Å². The van der Waals surface area contributed by atoms with Crippen molar-refractivity contribution in [3.8, 4) is 11.4 Å². The van der Waals surface area contributed by atoms with Gasteiger partial charge in [-0.25, -0.2) is 4.98 Å². The highest BCUT2D eigenvalue weighted by atomic mass is 19.4. The Morgan fingerprint density at radius 1 is 1.00 bits per heavy atom. The van der Waals surface area contributed by atoms with Crippen molar-refractivity contribution in [3.05, 3.63) is 51.4 Å². The first kappa shape index (κ1) is 17.5. The van der Waals surface area contributed by atoms with Gasteiger partial charge in [-0.2, -0.15) is 26.3 Å². The number of aromatic nitrogens is 2. The number of aromatic amines is 1. The monoisotopic (exact) mass is 351 g/mol. The van der Waals surface area contributed by atoms with Crippen LogP contribution in [0.1, 0.15) is 21.5 Å². The summed E-state index contributed by atoms with van der Waals surface area (Å²) in [6.07, 6.45) is -9.65. The first-order chi connectivity index (χ1) is 10.9. The minimum Gasteiger partial charge on any atom is -0.545 e. The third-order valence-electron chi connectivity index (χ3n) is 2.88. The van der Waals surface area contributed by atoms with Gasteiger partial charge in [0.2, 0.25) is 0 Å². The molecule has 0 saturated heterocycles. The summed E-state index contributed by atoms with van der Waals surface area (Å²) in [5.74, 6) is -2.54. The lowest BCUT2D eigenvalue weighted by Gasteiger charge is -2.14. The van der Waals surface area contributed by atoms with Crippen molar-refractivity contribution in [1.29, 1.82) is 0 Å². The smallest absolute Gasteiger partial charge is 0.416 e. The van der Waals surface area contributed by atoms with Gasteiger partial charge >= 0.3 is 12.4 Å². The van der Waals surface area contributed by atoms with E-state index in [-0.39, 0.29) is 6.07 Å². The molecule has 5 nitrogen and oxygen atoms in total. The van der Waals surface area contributed by atoms with E-state index in [4.69, 9.17) is 0 Å². The highest BCUT2D eigenvalue weighted by Crippen LogP contribution is 2.37. The van der Waals surface area contributed by atoms with Crippen LogP contribution in [0.25, 0.3) is 11.4 Å². The van der Waals surface area contributed by atoms with Crippen LogP contribution in [-0.2, 0) is 12.4 Å². The lowest BCUT2D eigenvalue weighted by atomic mass is 10.0. The number of aromatic carboxylic acids is 1. The van der Waals surface area contributed by atoms with Crippen molar-refractivity contribution in [3.63, 3.8) is 0 Å². The molecule has 0 fully saturated rings. The topological polar surface area (TPSA) is 85.9 Å². The summed E-state index contributed by atoms with van der Waals surface area (Å²) in [7, 11) is 0. The summed E-state index contributed by atoms with van der Waals surface area (Å²) in [6.45, 7) is 0. The standard InChI is InChI=1S/C13H6F6N2O3/c14-12(15,16)6-1-5(2-7(3-6)13(17,18)19)9-20-4-8(11(23)24)10(22)21-9/h1-4H,(H,23,24)(H,20,21,22)/p-1. The Kier molecular flexibility index (Phi) is 4.12. The molecule has 11 heteroatoms. The molecule has 0 aliphatic heterocycles. The molecule has 0 unspecified atom stereocenters. The SMILES string of the molecule is O=C([O-])c1cnc(-c2cc(C(F)(F)F)cc(C(F)(F)F)c2)[nH]c1=O. The van der Waals surface area contributed by atoms with E-state index in [1.165, 1.54) is 0 Å². The molecule has 1 aromatic heterocycles. The maximum atomic E-state index is 12.8. The number of hydrogen-bond donors (Lipinski definition) is 1. The maximum absolute atomic E-state index is 12.8. The number of H-pyrrole nitrogens is 1. The molecule has 1 N–H and O–H groups in total. The van der Waals surface area contributed by atoms with E-state index in [1.807, 2.05) is 4.98 Å². The van der Waals surface area contributed by atoms with Crippen LogP contribution in [0.15, 0.2) is 29.2 Å². The van der Waals surface area contributed by atoms with Gasteiger partial charge in [0.1, 0.15) is 5.82 Å². The quantitative estimate of drug-likeness (QED) is 0.837. The van der Waals surface area contributed by atoms with E-state index in [1.54, 1.807) is 0 Å². The molecule has 0 spiro atoms. The van der Waals surface area contributed by atoms with Crippen molar-refractivity contribution >= 4 is 5.97 Å². The van der Waals surface area contributed by atoms with Crippen molar-refractivity contribution < 1.29 is 36.2 Å². The molecule has 0 saturated carbocycles. The lowest BCUT2D eigenvalue weighted by molar-refractivity contribution is -0.255. The Morgan fingerprint density at radius 3 is 1.88 bits per heavy atom. The molecule has 0 radical (unpaired) electrons. The molecule has 0 atom stereocenters. The summed E-state index contributed by atoms with van der Waals surface area (Å²) < 4.78 is 76.5. The van der Waals surface area contributed by atoms with E-state index >= 15 is 0 Å². The van der Waals surface area contributed by atoms with Gasteiger partial charge in [-0.05, 0) is 18.2 Å². The molecule has 2 rings (SSSR count). The van der Waals surface area contributed by atoms with E-state index in [0.29, 0.717) is 18.3 Å². The number of carboxylic acid groups (broad SMARTS) is 1. The van der Waals surface area contributed by atoms with Crippen molar-refractivity contribution in [1.82, 2.24) is 9.97 Å². The Bertz CT molecular complexity index is 822. The average molecular weight is 351 g/mol. The molecule has 0 aliphatic carbocycles. The van der Waals surface area contributed by atoms with Gasteiger partial charge in [0, 0.05) is 11.8 Å². The second-order valence-corrected chi connectivity index (χ2v) is 4.56. The minimum absolute atomic E-state index is 0.0862. The molecule has 1 heterocycles. The van der Waals surface area contributed by atoms with Gasteiger partial charge in [0.15, 0.2) is 0 Å². The highest BCUT2D eigenvalue weighted by Gasteiger charge is 2.37. The molecule has 0 aliphatic rings. The van der Waals surface area contributed by atoms with Gasteiger partial charge in [-0.15, -0.1) is 0 Å².